The number of hydrogen-bond donors (Lipinski definition) is 2. The van der Waals surface area contributed by atoms with Gasteiger partial charge in [-0.15, -0.1) is 0 Å². The van der Waals surface area contributed by atoms with E-state index in [0.29, 0.717) is 24.4 Å². The molecular weight excluding hydrogens is 224 g/mol. The molecule has 18 heavy (non-hydrogen) atoms. The molecule has 2 aliphatic carbocycles. The summed E-state index contributed by atoms with van der Waals surface area (Å²) in [5.74, 6) is 2.24. The van der Waals surface area contributed by atoms with E-state index in [1.807, 2.05) is 0 Å². The van der Waals surface area contributed by atoms with Gasteiger partial charge >= 0.3 is 0 Å². The highest BCUT2D eigenvalue weighted by Gasteiger charge is 2.49. The van der Waals surface area contributed by atoms with Gasteiger partial charge in [-0.1, -0.05) is 27.2 Å². The summed E-state index contributed by atoms with van der Waals surface area (Å²) in [6.45, 7) is 7.35. The average Bonchev–Trinajstić information content (AvgIpc) is 3.09. The van der Waals surface area contributed by atoms with Gasteiger partial charge in [0.2, 0.25) is 5.91 Å². The Labute approximate surface area is 111 Å². The van der Waals surface area contributed by atoms with E-state index < -0.39 is 0 Å². The lowest BCUT2D eigenvalue weighted by Crippen LogP contribution is -2.49. The molecule has 2 fully saturated rings. The van der Waals surface area contributed by atoms with Crippen LogP contribution in [0.15, 0.2) is 0 Å². The first-order valence-corrected chi connectivity index (χ1v) is 7.49. The highest BCUT2D eigenvalue weighted by molar-refractivity contribution is 5.85. The van der Waals surface area contributed by atoms with Crippen molar-refractivity contribution in [3.05, 3.63) is 0 Å². The van der Waals surface area contributed by atoms with Crippen molar-refractivity contribution in [3.8, 4) is 0 Å². The standard InChI is InChI=1S/C15H28N2O/c1-10(2)12-5-4-11(3)8-13(12)17-14(18)15(9-16)6-7-15/h10-13H,4-9,16H2,1-3H3,(H,17,18). The van der Waals surface area contributed by atoms with Crippen molar-refractivity contribution in [2.75, 3.05) is 6.54 Å². The highest BCUT2D eigenvalue weighted by atomic mass is 16.2. The second-order valence-corrected chi connectivity index (χ2v) is 6.89. The van der Waals surface area contributed by atoms with E-state index in [1.54, 1.807) is 0 Å². The van der Waals surface area contributed by atoms with Gasteiger partial charge in [0.05, 0.1) is 5.41 Å². The molecule has 2 rings (SSSR count). The maximum Gasteiger partial charge on any atom is 0.227 e. The molecule has 1 amide bonds. The number of amides is 1. The SMILES string of the molecule is CC1CCC(C(C)C)C(NC(=O)C2(CN)CC2)C1. The van der Waals surface area contributed by atoms with Crippen LogP contribution in [0.4, 0.5) is 0 Å². The molecule has 3 atom stereocenters. The second-order valence-electron chi connectivity index (χ2n) is 6.89. The van der Waals surface area contributed by atoms with Crippen molar-refractivity contribution >= 4 is 5.91 Å². The van der Waals surface area contributed by atoms with Gasteiger partial charge in [0.1, 0.15) is 0 Å². The Balaban J connectivity index is 1.98. The molecule has 0 aliphatic heterocycles. The van der Waals surface area contributed by atoms with Gasteiger partial charge in [0.25, 0.3) is 0 Å². The third kappa shape index (κ3) is 2.71. The zero-order chi connectivity index (χ0) is 13.3. The topological polar surface area (TPSA) is 55.1 Å². The van der Waals surface area contributed by atoms with Gasteiger partial charge < -0.3 is 11.1 Å². The third-order valence-corrected chi connectivity index (χ3v) is 5.06. The van der Waals surface area contributed by atoms with E-state index in [0.717, 1.165) is 25.2 Å². The summed E-state index contributed by atoms with van der Waals surface area (Å²) in [5.41, 5.74) is 5.53. The van der Waals surface area contributed by atoms with Crippen molar-refractivity contribution in [1.29, 1.82) is 0 Å². The molecule has 3 nitrogen and oxygen atoms in total. The summed E-state index contributed by atoms with van der Waals surface area (Å²) >= 11 is 0. The number of hydrogen-bond acceptors (Lipinski definition) is 2. The van der Waals surface area contributed by atoms with E-state index in [-0.39, 0.29) is 11.3 Å². The van der Waals surface area contributed by atoms with Crippen LogP contribution in [0, 0.1) is 23.2 Å². The van der Waals surface area contributed by atoms with Gasteiger partial charge in [0.15, 0.2) is 0 Å². The molecule has 0 spiro atoms. The molecule has 2 saturated carbocycles. The van der Waals surface area contributed by atoms with Crippen LogP contribution in [-0.4, -0.2) is 18.5 Å². The van der Waals surface area contributed by atoms with Crippen molar-refractivity contribution in [2.45, 2.75) is 58.9 Å². The maximum absolute atomic E-state index is 12.3. The smallest absolute Gasteiger partial charge is 0.227 e. The third-order valence-electron chi connectivity index (χ3n) is 5.06. The molecule has 3 unspecified atom stereocenters. The van der Waals surface area contributed by atoms with E-state index in [2.05, 4.69) is 26.1 Å². The molecule has 3 N–H and O–H groups in total. The van der Waals surface area contributed by atoms with Crippen molar-refractivity contribution < 1.29 is 4.79 Å². The summed E-state index contributed by atoms with van der Waals surface area (Å²) in [6.07, 6.45) is 5.64. The normalized spacial score (nSPS) is 34.4. The van der Waals surface area contributed by atoms with Gasteiger partial charge in [-0.25, -0.2) is 0 Å². The quantitative estimate of drug-likeness (QED) is 0.806. The van der Waals surface area contributed by atoms with Crippen LogP contribution in [0.5, 0.6) is 0 Å². The molecule has 0 bridgehead atoms. The molecular formula is C15H28N2O. The minimum atomic E-state index is -0.206. The fraction of sp³-hybridized carbons (Fsp3) is 0.933. The monoisotopic (exact) mass is 252 g/mol. The lowest BCUT2D eigenvalue weighted by atomic mass is 9.74. The molecule has 3 heteroatoms. The van der Waals surface area contributed by atoms with Crippen LogP contribution >= 0.6 is 0 Å². The van der Waals surface area contributed by atoms with Crippen LogP contribution in [-0.2, 0) is 4.79 Å². The van der Waals surface area contributed by atoms with E-state index in [9.17, 15) is 4.79 Å². The highest BCUT2D eigenvalue weighted by Crippen LogP contribution is 2.45. The molecule has 0 aromatic heterocycles. The minimum Gasteiger partial charge on any atom is -0.353 e. The van der Waals surface area contributed by atoms with Crippen LogP contribution in [0.2, 0.25) is 0 Å². The summed E-state index contributed by atoms with van der Waals surface area (Å²) in [4.78, 5) is 12.3. The molecule has 0 radical (unpaired) electrons. The zero-order valence-electron chi connectivity index (χ0n) is 12.0. The van der Waals surface area contributed by atoms with E-state index >= 15 is 0 Å². The fourth-order valence-electron chi connectivity index (χ4n) is 3.36. The predicted molar refractivity (Wildman–Crippen MR) is 74.0 cm³/mol. The number of rotatable bonds is 4. The maximum atomic E-state index is 12.3. The van der Waals surface area contributed by atoms with Crippen LogP contribution in [0.25, 0.3) is 0 Å². The first kappa shape index (κ1) is 13.9. The zero-order valence-corrected chi connectivity index (χ0v) is 12.0. The largest absolute Gasteiger partial charge is 0.353 e. The second kappa shape index (κ2) is 5.20. The molecule has 104 valence electrons. The first-order valence-electron chi connectivity index (χ1n) is 7.49. The predicted octanol–water partition coefficient (Wildman–Crippen LogP) is 2.30. The Bertz CT molecular complexity index is 310. The Kier molecular flexibility index (Phi) is 4.00. The Morgan fingerprint density at radius 2 is 2.06 bits per heavy atom. The van der Waals surface area contributed by atoms with Crippen LogP contribution in [0.3, 0.4) is 0 Å². The first-order chi connectivity index (χ1) is 8.48. The molecule has 2 aliphatic rings. The van der Waals surface area contributed by atoms with Crippen molar-refractivity contribution in [2.24, 2.45) is 28.9 Å². The Hall–Kier alpha value is -0.570. The van der Waals surface area contributed by atoms with Gasteiger partial charge in [-0.05, 0) is 43.4 Å². The summed E-state index contributed by atoms with van der Waals surface area (Å²) in [7, 11) is 0. The average molecular weight is 252 g/mol. The summed E-state index contributed by atoms with van der Waals surface area (Å²) in [6, 6.07) is 0.366. The molecule has 0 aromatic carbocycles. The van der Waals surface area contributed by atoms with E-state index in [4.69, 9.17) is 5.73 Å². The van der Waals surface area contributed by atoms with Crippen LogP contribution < -0.4 is 11.1 Å². The molecule has 0 heterocycles. The number of nitrogens with one attached hydrogen (secondary N) is 1. The van der Waals surface area contributed by atoms with Crippen LogP contribution in [0.1, 0.15) is 52.9 Å². The lowest BCUT2D eigenvalue weighted by Gasteiger charge is -2.38. The van der Waals surface area contributed by atoms with Gasteiger partial charge in [0, 0.05) is 12.6 Å². The fourth-order valence-corrected chi connectivity index (χ4v) is 3.36. The Morgan fingerprint density at radius 1 is 1.39 bits per heavy atom. The number of carbonyl (C=O) groups excluding carboxylic acids is 1. The Morgan fingerprint density at radius 3 is 2.56 bits per heavy atom. The lowest BCUT2D eigenvalue weighted by molar-refractivity contribution is -0.127. The minimum absolute atomic E-state index is 0.206. The number of nitrogens with two attached hydrogens (primary N) is 1. The van der Waals surface area contributed by atoms with Crippen molar-refractivity contribution in [3.63, 3.8) is 0 Å². The van der Waals surface area contributed by atoms with Gasteiger partial charge in [-0.2, -0.15) is 0 Å². The summed E-state index contributed by atoms with van der Waals surface area (Å²) < 4.78 is 0. The van der Waals surface area contributed by atoms with E-state index in [1.165, 1.54) is 12.8 Å². The molecule has 0 aromatic rings. The van der Waals surface area contributed by atoms with Crippen molar-refractivity contribution in [1.82, 2.24) is 5.32 Å². The van der Waals surface area contributed by atoms with Gasteiger partial charge in [-0.3, -0.25) is 4.79 Å². The number of carbonyl (C=O) groups is 1. The molecule has 0 saturated heterocycles. The summed E-state index contributed by atoms with van der Waals surface area (Å²) in [5, 5.41) is 3.32.